The first kappa shape index (κ1) is 18.6. The van der Waals surface area contributed by atoms with E-state index in [2.05, 4.69) is 26.1 Å². The van der Waals surface area contributed by atoms with Crippen LogP contribution in [-0.2, 0) is 5.41 Å². The minimum atomic E-state index is -0.245. The molecule has 0 aromatic heterocycles. The number of rotatable bonds is 5. The second-order valence-electron chi connectivity index (χ2n) is 6.69. The number of benzene rings is 2. The Morgan fingerprint density at radius 2 is 1.44 bits per heavy atom. The van der Waals surface area contributed by atoms with Crippen LogP contribution in [0.1, 0.15) is 36.7 Å². The van der Waals surface area contributed by atoms with Gasteiger partial charge in [-0.2, -0.15) is 0 Å². The number of hydrogen-bond donors (Lipinski definition) is 1. The van der Waals surface area contributed by atoms with Crippen LogP contribution >= 0.6 is 0 Å². The molecule has 0 radical (unpaired) electrons. The Labute approximate surface area is 148 Å². The highest BCUT2D eigenvalue weighted by atomic mass is 16.5. The largest absolute Gasteiger partial charge is 0.495 e. The molecule has 5 heteroatoms. The predicted octanol–water partition coefficient (Wildman–Crippen LogP) is 4.26. The van der Waals surface area contributed by atoms with E-state index < -0.39 is 0 Å². The van der Waals surface area contributed by atoms with Crippen molar-refractivity contribution in [2.24, 2.45) is 0 Å². The summed E-state index contributed by atoms with van der Waals surface area (Å²) in [6.45, 7) is 6.36. The van der Waals surface area contributed by atoms with Crippen molar-refractivity contribution in [2.45, 2.75) is 26.2 Å². The smallest absolute Gasteiger partial charge is 0.255 e. The van der Waals surface area contributed by atoms with Crippen LogP contribution in [0.15, 0.2) is 36.4 Å². The van der Waals surface area contributed by atoms with Crippen molar-refractivity contribution >= 4 is 11.6 Å². The molecule has 0 spiro atoms. The van der Waals surface area contributed by atoms with Gasteiger partial charge in [0.15, 0.2) is 11.5 Å². The third-order valence-corrected chi connectivity index (χ3v) is 3.96. The first-order chi connectivity index (χ1) is 11.8. The molecule has 2 rings (SSSR count). The lowest BCUT2D eigenvalue weighted by Gasteiger charge is -2.21. The Balaban J connectivity index is 2.34. The summed E-state index contributed by atoms with van der Waals surface area (Å²) in [7, 11) is 4.67. The summed E-state index contributed by atoms with van der Waals surface area (Å²) >= 11 is 0. The average molecular weight is 343 g/mol. The molecular formula is C20H25NO4. The molecule has 0 saturated heterocycles. The number of ether oxygens (including phenoxy) is 3. The quantitative estimate of drug-likeness (QED) is 0.881. The van der Waals surface area contributed by atoms with Crippen molar-refractivity contribution in [2.75, 3.05) is 26.6 Å². The molecule has 1 amide bonds. The molecule has 1 N–H and O–H groups in total. The van der Waals surface area contributed by atoms with Gasteiger partial charge in [-0.3, -0.25) is 4.79 Å². The minimum absolute atomic E-state index is 0.0327. The van der Waals surface area contributed by atoms with E-state index in [-0.39, 0.29) is 11.3 Å². The van der Waals surface area contributed by atoms with Crippen molar-refractivity contribution < 1.29 is 19.0 Å². The fourth-order valence-corrected chi connectivity index (χ4v) is 2.44. The van der Waals surface area contributed by atoms with Crippen LogP contribution in [0.25, 0.3) is 0 Å². The monoisotopic (exact) mass is 343 g/mol. The van der Waals surface area contributed by atoms with Gasteiger partial charge < -0.3 is 19.5 Å². The predicted molar refractivity (Wildman–Crippen MR) is 99.2 cm³/mol. The summed E-state index contributed by atoms with van der Waals surface area (Å²) in [5.74, 6) is 1.45. The van der Waals surface area contributed by atoms with E-state index in [1.54, 1.807) is 32.4 Å². The molecule has 134 valence electrons. The Morgan fingerprint density at radius 3 is 2.00 bits per heavy atom. The van der Waals surface area contributed by atoms with E-state index in [0.717, 1.165) is 5.56 Å². The lowest BCUT2D eigenvalue weighted by molar-refractivity contribution is 0.102. The number of anilines is 1. The van der Waals surface area contributed by atoms with Gasteiger partial charge in [-0.1, -0.05) is 26.8 Å². The Bertz CT molecular complexity index is 763. The van der Waals surface area contributed by atoms with Crippen LogP contribution in [0.3, 0.4) is 0 Å². The number of methoxy groups -OCH3 is 3. The van der Waals surface area contributed by atoms with Gasteiger partial charge >= 0.3 is 0 Å². The van der Waals surface area contributed by atoms with Gasteiger partial charge in [-0.15, -0.1) is 0 Å². The van der Waals surface area contributed by atoms with Crippen molar-refractivity contribution in [3.63, 3.8) is 0 Å². The fraction of sp³-hybridized carbons (Fsp3) is 0.350. The first-order valence-corrected chi connectivity index (χ1v) is 8.02. The highest BCUT2D eigenvalue weighted by Gasteiger charge is 2.18. The molecule has 5 nitrogen and oxygen atoms in total. The summed E-state index contributed by atoms with van der Waals surface area (Å²) < 4.78 is 15.8. The summed E-state index contributed by atoms with van der Waals surface area (Å²) in [5.41, 5.74) is 2.18. The third kappa shape index (κ3) is 4.24. The number of amides is 1. The van der Waals surface area contributed by atoms with E-state index in [1.165, 1.54) is 7.11 Å². The van der Waals surface area contributed by atoms with E-state index in [4.69, 9.17) is 14.2 Å². The van der Waals surface area contributed by atoms with Gasteiger partial charge in [0.1, 0.15) is 5.75 Å². The highest BCUT2D eigenvalue weighted by molar-refractivity contribution is 6.05. The number of nitrogens with one attached hydrogen (secondary N) is 1. The SMILES string of the molecule is COc1ccc(C(C)(C)C)cc1NC(=O)c1ccc(OC)c(OC)c1. The van der Waals surface area contributed by atoms with Gasteiger partial charge in [-0.05, 0) is 41.3 Å². The third-order valence-electron chi connectivity index (χ3n) is 3.96. The summed E-state index contributed by atoms with van der Waals surface area (Å²) in [5, 5.41) is 2.92. The van der Waals surface area contributed by atoms with Crippen molar-refractivity contribution in [1.29, 1.82) is 0 Å². The molecule has 0 fully saturated rings. The minimum Gasteiger partial charge on any atom is -0.495 e. The standard InChI is InChI=1S/C20H25NO4/c1-20(2,3)14-8-10-16(23-4)15(12-14)21-19(22)13-7-9-17(24-5)18(11-13)25-6/h7-12H,1-6H3,(H,21,22). The maximum atomic E-state index is 12.6. The Morgan fingerprint density at radius 1 is 0.840 bits per heavy atom. The van der Waals surface area contributed by atoms with E-state index in [1.807, 2.05) is 18.2 Å². The maximum Gasteiger partial charge on any atom is 0.255 e. The lowest BCUT2D eigenvalue weighted by atomic mass is 9.87. The van der Waals surface area contributed by atoms with Gasteiger partial charge in [-0.25, -0.2) is 0 Å². The topological polar surface area (TPSA) is 56.8 Å². The van der Waals surface area contributed by atoms with Crippen LogP contribution in [0.2, 0.25) is 0 Å². The summed E-state index contributed by atoms with van der Waals surface area (Å²) in [6, 6.07) is 10.9. The van der Waals surface area contributed by atoms with Crippen LogP contribution in [0.5, 0.6) is 17.2 Å². The first-order valence-electron chi connectivity index (χ1n) is 8.02. The summed E-state index contributed by atoms with van der Waals surface area (Å²) in [4.78, 5) is 12.6. The molecule has 0 atom stereocenters. The molecule has 0 aliphatic rings. The van der Waals surface area contributed by atoms with Crippen molar-refractivity contribution in [3.8, 4) is 17.2 Å². The number of hydrogen-bond acceptors (Lipinski definition) is 4. The summed E-state index contributed by atoms with van der Waals surface area (Å²) in [6.07, 6.45) is 0. The molecule has 2 aromatic rings. The van der Waals surface area contributed by atoms with Gasteiger partial charge in [0, 0.05) is 5.56 Å². The molecule has 0 aliphatic heterocycles. The second-order valence-corrected chi connectivity index (χ2v) is 6.69. The molecular weight excluding hydrogens is 318 g/mol. The molecule has 0 saturated carbocycles. The zero-order valence-electron chi connectivity index (χ0n) is 15.6. The second kappa shape index (κ2) is 7.47. The van der Waals surface area contributed by atoms with Crippen molar-refractivity contribution in [1.82, 2.24) is 0 Å². The molecule has 0 heterocycles. The van der Waals surface area contributed by atoms with Crippen molar-refractivity contribution in [3.05, 3.63) is 47.5 Å². The van der Waals surface area contributed by atoms with E-state index >= 15 is 0 Å². The Hall–Kier alpha value is -2.69. The molecule has 2 aromatic carbocycles. The van der Waals surface area contributed by atoms with Crippen LogP contribution < -0.4 is 19.5 Å². The van der Waals surface area contributed by atoms with Gasteiger partial charge in [0.25, 0.3) is 5.91 Å². The zero-order chi connectivity index (χ0) is 18.6. The highest BCUT2D eigenvalue weighted by Crippen LogP contribution is 2.32. The molecule has 25 heavy (non-hydrogen) atoms. The van der Waals surface area contributed by atoms with Gasteiger partial charge in [0.2, 0.25) is 0 Å². The average Bonchev–Trinajstić information content (AvgIpc) is 2.60. The number of carbonyl (C=O) groups is 1. The lowest BCUT2D eigenvalue weighted by Crippen LogP contribution is -2.15. The van der Waals surface area contributed by atoms with E-state index in [9.17, 15) is 4.79 Å². The Kier molecular flexibility index (Phi) is 5.57. The van der Waals surface area contributed by atoms with Crippen LogP contribution in [0.4, 0.5) is 5.69 Å². The molecule has 0 aliphatic carbocycles. The number of carbonyl (C=O) groups excluding carboxylic acids is 1. The van der Waals surface area contributed by atoms with Gasteiger partial charge in [0.05, 0.1) is 27.0 Å². The molecule has 0 bridgehead atoms. The maximum absolute atomic E-state index is 12.6. The zero-order valence-corrected chi connectivity index (χ0v) is 15.6. The van der Waals surface area contributed by atoms with E-state index in [0.29, 0.717) is 28.5 Å². The fourth-order valence-electron chi connectivity index (χ4n) is 2.44. The normalized spacial score (nSPS) is 11.0. The van der Waals surface area contributed by atoms with Crippen LogP contribution in [0, 0.1) is 0 Å². The van der Waals surface area contributed by atoms with Crippen LogP contribution in [-0.4, -0.2) is 27.2 Å². The molecule has 0 unspecified atom stereocenters.